The van der Waals surface area contributed by atoms with Crippen LogP contribution in [0.25, 0.3) is 0 Å². The number of unbranched alkanes of at least 4 members (excludes halogenated alkanes) is 3. The highest BCUT2D eigenvalue weighted by molar-refractivity contribution is 5.21. The summed E-state index contributed by atoms with van der Waals surface area (Å²) in [6.45, 7) is 4.38. The van der Waals surface area contributed by atoms with Crippen molar-refractivity contribution in [2.75, 3.05) is 7.05 Å². The normalized spacial score (nSPS) is 13.7. The Kier molecular flexibility index (Phi) is 8.37. The van der Waals surface area contributed by atoms with Crippen LogP contribution in [-0.4, -0.2) is 13.1 Å². The van der Waals surface area contributed by atoms with Crippen LogP contribution in [0.3, 0.4) is 0 Å². The van der Waals surface area contributed by atoms with E-state index in [2.05, 4.69) is 31.2 Å². The standard InChI is InChI=1S/C13H23N/c1-5-8-9-10-11-12(6-2)13(7-3)14-4/h3,11,13-14H,5-6,8-10H2,1-2,4H3/b12-11-. The molecule has 0 aliphatic carbocycles. The maximum Gasteiger partial charge on any atom is 0.0900 e. The molecule has 0 saturated heterocycles. The van der Waals surface area contributed by atoms with Crippen molar-refractivity contribution in [2.45, 2.75) is 52.0 Å². The van der Waals surface area contributed by atoms with Crippen LogP contribution in [0, 0.1) is 12.3 Å². The molecular weight excluding hydrogens is 170 g/mol. The number of hydrogen-bond donors (Lipinski definition) is 1. The molecule has 1 unspecified atom stereocenters. The van der Waals surface area contributed by atoms with E-state index < -0.39 is 0 Å². The fourth-order valence-corrected chi connectivity index (χ4v) is 1.52. The van der Waals surface area contributed by atoms with Crippen molar-refractivity contribution in [3.8, 4) is 12.3 Å². The van der Waals surface area contributed by atoms with Crippen molar-refractivity contribution in [1.29, 1.82) is 0 Å². The summed E-state index contributed by atoms with van der Waals surface area (Å²) in [5.74, 6) is 2.76. The van der Waals surface area contributed by atoms with Crippen LogP contribution in [0.2, 0.25) is 0 Å². The Morgan fingerprint density at radius 2 is 2.14 bits per heavy atom. The number of allylic oxidation sites excluding steroid dienone is 1. The SMILES string of the molecule is C#CC(NC)/C(=C\CCCCC)CC. The molecule has 0 aliphatic heterocycles. The van der Waals surface area contributed by atoms with Crippen LogP contribution in [0.15, 0.2) is 11.6 Å². The molecule has 14 heavy (non-hydrogen) atoms. The molecule has 80 valence electrons. The van der Waals surface area contributed by atoms with E-state index in [0.29, 0.717) is 0 Å². The van der Waals surface area contributed by atoms with Gasteiger partial charge in [0.25, 0.3) is 0 Å². The summed E-state index contributed by atoms with van der Waals surface area (Å²) in [5.41, 5.74) is 1.35. The first-order valence-corrected chi connectivity index (χ1v) is 5.62. The number of hydrogen-bond acceptors (Lipinski definition) is 1. The van der Waals surface area contributed by atoms with Crippen molar-refractivity contribution in [1.82, 2.24) is 5.32 Å². The second kappa shape index (κ2) is 8.84. The number of nitrogens with one attached hydrogen (secondary N) is 1. The molecule has 0 fully saturated rings. The smallest absolute Gasteiger partial charge is 0.0900 e. The fourth-order valence-electron chi connectivity index (χ4n) is 1.52. The Hall–Kier alpha value is -0.740. The van der Waals surface area contributed by atoms with E-state index in [1.54, 1.807) is 0 Å². The third-order valence-electron chi connectivity index (χ3n) is 2.45. The lowest BCUT2D eigenvalue weighted by Gasteiger charge is -2.12. The largest absolute Gasteiger partial charge is 0.303 e. The first-order chi connectivity index (χ1) is 6.79. The second-order valence-electron chi connectivity index (χ2n) is 3.52. The summed E-state index contributed by atoms with van der Waals surface area (Å²) in [4.78, 5) is 0. The van der Waals surface area contributed by atoms with Crippen molar-refractivity contribution in [2.24, 2.45) is 0 Å². The summed E-state index contributed by atoms with van der Waals surface area (Å²) < 4.78 is 0. The minimum absolute atomic E-state index is 0.127. The molecule has 0 aliphatic rings. The van der Waals surface area contributed by atoms with Gasteiger partial charge in [-0.3, -0.25) is 0 Å². The topological polar surface area (TPSA) is 12.0 Å². The second-order valence-corrected chi connectivity index (χ2v) is 3.52. The maximum atomic E-state index is 5.44. The minimum atomic E-state index is 0.127. The van der Waals surface area contributed by atoms with Gasteiger partial charge in [-0.2, -0.15) is 0 Å². The number of rotatable bonds is 7. The lowest BCUT2D eigenvalue weighted by atomic mass is 10.0. The van der Waals surface area contributed by atoms with Crippen LogP contribution in [0.4, 0.5) is 0 Å². The van der Waals surface area contributed by atoms with Crippen molar-refractivity contribution < 1.29 is 0 Å². The van der Waals surface area contributed by atoms with E-state index in [0.717, 1.165) is 12.8 Å². The third kappa shape index (κ3) is 5.09. The van der Waals surface area contributed by atoms with Crippen LogP contribution >= 0.6 is 0 Å². The molecule has 1 heteroatoms. The Morgan fingerprint density at radius 1 is 1.43 bits per heavy atom. The Labute approximate surface area is 89.0 Å². The number of likely N-dealkylation sites (N-methyl/N-ethyl adjacent to an activating group) is 1. The molecule has 0 radical (unpaired) electrons. The molecule has 0 aromatic rings. The predicted octanol–water partition coefficient (Wildman–Crippen LogP) is 3.12. The van der Waals surface area contributed by atoms with Gasteiger partial charge >= 0.3 is 0 Å². The van der Waals surface area contributed by atoms with Crippen molar-refractivity contribution in [3.05, 3.63) is 11.6 Å². The van der Waals surface area contributed by atoms with Gasteiger partial charge in [-0.15, -0.1) is 6.42 Å². The van der Waals surface area contributed by atoms with Gasteiger partial charge in [0.15, 0.2) is 0 Å². The Bertz CT molecular complexity index is 198. The summed E-state index contributed by atoms with van der Waals surface area (Å²) >= 11 is 0. The highest BCUT2D eigenvalue weighted by atomic mass is 14.9. The van der Waals surface area contributed by atoms with Crippen molar-refractivity contribution >= 4 is 0 Å². The highest BCUT2D eigenvalue weighted by Crippen LogP contribution is 2.10. The van der Waals surface area contributed by atoms with Crippen LogP contribution < -0.4 is 5.32 Å². The van der Waals surface area contributed by atoms with Gasteiger partial charge in [-0.1, -0.05) is 38.7 Å². The van der Waals surface area contributed by atoms with E-state index in [-0.39, 0.29) is 6.04 Å². The average molecular weight is 193 g/mol. The Balaban J connectivity index is 4.04. The average Bonchev–Trinajstić information content (AvgIpc) is 2.23. The molecule has 0 rings (SSSR count). The molecule has 0 amide bonds. The monoisotopic (exact) mass is 193 g/mol. The fraction of sp³-hybridized carbons (Fsp3) is 0.692. The molecule has 0 heterocycles. The Morgan fingerprint density at radius 3 is 2.57 bits per heavy atom. The third-order valence-corrected chi connectivity index (χ3v) is 2.45. The first kappa shape index (κ1) is 13.3. The highest BCUT2D eigenvalue weighted by Gasteiger charge is 2.05. The van der Waals surface area contributed by atoms with Crippen LogP contribution in [0.1, 0.15) is 46.0 Å². The molecule has 1 nitrogen and oxygen atoms in total. The van der Waals surface area contributed by atoms with E-state index in [4.69, 9.17) is 6.42 Å². The van der Waals surface area contributed by atoms with Crippen molar-refractivity contribution in [3.63, 3.8) is 0 Å². The summed E-state index contributed by atoms with van der Waals surface area (Å²) in [7, 11) is 1.92. The molecule has 1 atom stereocenters. The van der Waals surface area contributed by atoms with E-state index >= 15 is 0 Å². The molecule has 0 bridgehead atoms. The van der Waals surface area contributed by atoms with Gasteiger partial charge in [0.1, 0.15) is 0 Å². The van der Waals surface area contributed by atoms with Crippen LogP contribution in [-0.2, 0) is 0 Å². The van der Waals surface area contributed by atoms with Gasteiger partial charge in [0, 0.05) is 0 Å². The van der Waals surface area contributed by atoms with Gasteiger partial charge in [0.05, 0.1) is 6.04 Å². The van der Waals surface area contributed by atoms with E-state index in [9.17, 15) is 0 Å². The molecule has 1 N–H and O–H groups in total. The molecule has 0 aromatic heterocycles. The number of terminal acetylenes is 1. The zero-order valence-electron chi connectivity index (χ0n) is 9.77. The first-order valence-electron chi connectivity index (χ1n) is 5.62. The van der Waals surface area contributed by atoms with Gasteiger partial charge in [-0.05, 0) is 31.9 Å². The zero-order valence-corrected chi connectivity index (χ0v) is 9.77. The summed E-state index contributed by atoms with van der Waals surface area (Å²) in [6.07, 6.45) is 13.8. The molecule has 0 aromatic carbocycles. The lowest BCUT2D eigenvalue weighted by molar-refractivity contribution is 0.706. The molecule has 0 saturated carbocycles. The quantitative estimate of drug-likeness (QED) is 0.372. The van der Waals surface area contributed by atoms with Gasteiger partial charge in [0.2, 0.25) is 0 Å². The predicted molar refractivity (Wildman–Crippen MR) is 64.2 cm³/mol. The maximum absolute atomic E-state index is 5.44. The summed E-state index contributed by atoms with van der Waals surface area (Å²) in [5, 5.41) is 3.14. The van der Waals surface area contributed by atoms with E-state index in [1.165, 1.54) is 24.8 Å². The zero-order chi connectivity index (χ0) is 10.8. The molecule has 0 spiro atoms. The molecular formula is C13H23N. The minimum Gasteiger partial charge on any atom is -0.303 e. The summed E-state index contributed by atoms with van der Waals surface area (Å²) in [6, 6.07) is 0.127. The lowest BCUT2D eigenvalue weighted by Crippen LogP contribution is -2.25. The van der Waals surface area contributed by atoms with Gasteiger partial charge < -0.3 is 5.32 Å². The van der Waals surface area contributed by atoms with Gasteiger partial charge in [-0.25, -0.2) is 0 Å². The van der Waals surface area contributed by atoms with E-state index in [1.807, 2.05) is 7.05 Å². The van der Waals surface area contributed by atoms with Crippen LogP contribution in [0.5, 0.6) is 0 Å².